The largest absolute Gasteiger partial charge is 0.329 e. The number of halogens is 2. The van der Waals surface area contributed by atoms with Crippen molar-refractivity contribution in [3.05, 3.63) is 69.3 Å². The van der Waals surface area contributed by atoms with Crippen LogP contribution in [0.4, 0.5) is 10.5 Å². The fourth-order valence-corrected chi connectivity index (χ4v) is 2.93. The highest BCUT2D eigenvalue weighted by Crippen LogP contribution is 2.27. The number of hydrogen-bond acceptors (Lipinski definition) is 3. The fourth-order valence-electron chi connectivity index (χ4n) is 2.57. The lowest BCUT2D eigenvalue weighted by molar-refractivity contribution is -0.127. The van der Waals surface area contributed by atoms with E-state index in [9.17, 15) is 14.4 Å². The van der Waals surface area contributed by atoms with Crippen molar-refractivity contribution in [3.8, 4) is 0 Å². The summed E-state index contributed by atoms with van der Waals surface area (Å²) in [7, 11) is 0. The molecule has 1 aliphatic rings. The maximum atomic E-state index is 12.5. The topological polar surface area (TPSA) is 78.5 Å². The van der Waals surface area contributed by atoms with Crippen LogP contribution in [0.25, 0.3) is 6.08 Å². The van der Waals surface area contributed by atoms with Crippen LogP contribution in [0.2, 0.25) is 10.0 Å². The molecule has 0 unspecified atom stereocenters. The molecular formula is C19H15Cl2N3O3. The quantitative estimate of drug-likeness (QED) is 0.601. The van der Waals surface area contributed by atoms with E-state index in [0.717, 1.165) is 10.5 Å². The zero-order chi connectivity index (χ0) is 19.6. The monoisotopic (exact) mass is 403 g/mol. The maximum absolute atomic E-state index is 12.5. The Hall–Kier alpha value is -2.83. The van der Waals surface area contributed by atoms with Crippen LogP contribution in [0, 0.1) is 6.92 Å². The van der Waals surface area contributed by atoms with E-state index in [0.29, 0.717) is 16.3 Å². The summed E-state index contributed by atoms with van der Waals surface area (Å²) in [5.74, 6) is -1.10. The van der Waals surface area contributed by atoms with Gasteiger partial charge in [-0.25, -0.2) is 9.69 Å². The van der Waals surface area contributed by atoms with Crippen molar-refractivity contribution >= 4 is 52.8 Å². The molecule has 2 N–H and O–H groups in total. The van der Waals surface area contributed by atoms with E-state index in [1.807, 2.05) is 13.0 Å². The predicted octanol–water partition coefficient (Wildman–Crippen LogP) is 3.83. The van der Waals surface area contributed by atoms with Crippen LogP contribution in [0.1, 0.15) is 11.1 Å². The van der Waals surface area contributed by atoms with Crippen LogP contribution >= 0.6 is 23.2 Å². The summed E-state index contributed by atoms with van der Waals surface area (Å²) < 4.78 is 0. The first-order valence-electron chi connectivity index (χ1n) is 8.00. The van der Waals surface area contributed by atoms with Crippen molar-refractivity contribution in [1.29, 1.82) is 0 Å². The average Bonchev–Trinajstić information content (AvgIpc) is 2.86. The van der Waals surface area contributed by atoms with Gasteiger partial charge in [-0.3, -0.25) is 9.59 Å². The zero-order valence-electron chi connectivity index (χ0n) is 14.3. The first-order valence-corrected chi connectivity index (χ1v) is 8.76. The third-order valence-electron chi connectivity index (χ3n) is 3.85. The minimum absolute atomic E-state index is 0.0209. The molecule has 4 amide bonds. The second-order valence-electron chi connectivity index (χ2n) is 5.94. The van der Waals surface area contributed by atoms with Crippen LogP contribution < -0.4 is 10.6 Å². The van der Waals surface area contributed by atoms with E-state index in [1.165, 1.54) is 6.08 Å². The maximum Gasteiger partial charge on any atom is 0.329 e. The van der Waals surface area contributed by atoms with Crippen LogP contribution in [0.15, 0.2) is 48.2 Å². The number of imide groups is 1. The van der Waals surface area contributed by atoms with Gasteiger partial charge in [0.25, 0.3) is 5.91 Å². The molecule has 1 fully saturated rings. The van der Waals surface area contributed by atoms with Gasteiger partial charge in [0.1, 0.15) is 12.2 Å². The molecule has 0 aliphatic carbocycles. The number of rotatable bonds is 4. The van der Waals surface area contributed by atoms with Crippen molar-refractivity contribution in [2.24, 2.45) is 0 Å². The first kappa shape index (κ1) is 18.9. The highest BCUT2D eigenvalue weighted by atomic mass is 35.5. The molecule has 138 valence electrons. The lowest BCUT2D eigenvalue weighted by atomic mass is 10.2. The minimum Gasteiger partial charge on any atom is -0.325 e. The van der Waals surface area contributed by atoms with Gasteiger partial charge in [0.05, 0.1) is 10.0 Å². The highest BCUT2D eigenvalue weighted by Gasteiger charge is 2.35. The third kappa shape index (κ3) is 4.30. The smallest absolute Gasteiger partial charge is 0.325 e. The van der Waals surface area contributed by atoms with Crippen molar-refractivity contribution < 1.29 is 14.4 Å². The molecule has 0 spiro atoms. The van der Waals surface area contributed by atoms with Gasteiger partial charge in [-0.1, -0.05) is 47.5 Å². The van der Waals surface area contributed by atoms with E-state index in [4.69, 9.17) is 23.2 Å². The van der Waals surface area contributed by atoms with Gasteiger partial charge in [-0.2, -0.15) is 0 Å². The molecule has 0 saturated carbocycles. The second-order valence-corrected chi connectivity index (χ2v) is 6.73. The van der Waals surface area contributed by atoms with Crippen molar-refractivity contribution in [3.63, 3.8) is 0 Å². The van der Waals surface area contributed by atoms with Crippen LogP contribution in [0.3, 0.4) is 0 Å². The van der Waals surface area contributed by atoms with Gasteiger partial charge in [-0.05, 0) is 42.3 Å². The summed E-state index contributed by atoms with van der Waals surface area (Å²) >= 11 is 12.1. The number of hydrogen-bond donors (Lipinski definition) is 2. The number of anilines is 1. The fraction of sp³-hybridized carbons (Fsp3) is 0.105. The normalized spacial score (nSPS) is 15.2. The SMILES string of the molecule is Cc1cccc(NC(=O)CN2C(=O)N/C(=C\c3cccc(Cl)c3Cl)C2=O)c1. The van der Waals surface area contributed by atoms with Crippen LogP contribution in [-0.4, -0.2) is 29.3 Å². The van der Waals surface area contributed by atoms with Crippen molar-refractivity contribution in [1.82, 2.24) is 10.2 Å². The Morgan fingerprint density at radius 1 is 1.19 bits per heavy atom. The van der Waals surface area contributed by atoms with Crippen molar-refractivity contribution in [2.75, 3.05) is 11.9 Å². The Labute approximate surface area is 165 Å². The molecule has 0 atom stereocenters. The predicted molar refractivity (Wildman–Crippen MR) is 104 cm³/mol. The molecule has 27 heavy (non-hydrogen) atoms. The average molecular weight is 404 g/mol. The summed E-state index contributed by atoms with van der Waals surface area (Å²) in [6.45, 7) is 1.49. The molecule has 1 aliphatic heterocycles. The Morgan fingerprint density at radius 3 is 2.67 bits per heavy atom. The lowest BCUT2D eigenvalue weighted by Crippen LogP contribution is -2.38. The van der Waals surface area contributed by atoms with Crippen LogP contribution in [-0.2, 0) is 9.59 Å². The van der Waals surface area contributed by atoms with E-state index >= 15 is 0 Å². The molecule has 0 bridgehead atoms. The van der Waals surface area contributed by atoms with E-state index in [1.54, 1.807) is 36.4 Å². The molecule has 2 aromatic carbocycles. The number of nitrogens with one attached hydrogen (secondary N) is 2. The van der Waals surface area contributed by atoms with Gasteiger partial charge in [0, 0.05) is 5.69 Å². The molecule has 6 nitrogen and oxygen atoms in total. The molecule has 2 aromatic rings. The van der Waals surface area contributed by atoms with Gasteiger partial charge < -0.3 is 10.6 Å². The van der Waals surface area contributed by atoms with E-state index in [-0.39, 0.29) is 10.7 Å². The number of nitrogens with zero attached hydrogens (tertiary/aromatic N) is 1. The Bertz CT molecular complexity index is 972. The zero-order valence-corrected chi connectivity index (χ0v) is 15.8. The minimum atomic E-state index is -0.677. The number of carbonyl (C=O) groups is 3. The molecule has 3 rings (SSSR count). The van der Waals surface area contributed by atoms with Gasteiger partial charge >= 0.3 is 6.03 Å². The standard InChI is InChI=1S/C19H15Cl2N3O3/c1-11-4-2-6-13(8-11)22-16(25)10-24-18(26)15(23-19(24)27)9-12-5-3-7-14(20)17(12)21/h2-9H,10H2,1H3,(H,22,25)(H,23,27)/b15-9-. The molecule has 8 heteroatoms. The number of benzene rings is 2. The van der Waals surface area contributed by atoms with Crippen molar-refractivity contribution in [2.45, 2.75) is 6.92 Å². The number of aryl methyl sites for hydroxylation is 1. The number of amides is 4. The Morgan fingerprint density at radius 2 is 1.93 bits per heavy atom. The summed E-state index contributed by atoms with van der Waals surface area (Å²) in [6, 6.07) is 11.5. The molecule has 1 saturated heterocycles. The molecule has 0 aromatic heterocycles. The number of carbonyl (C=O) groups excluding carboxylic acids is 3. The molecule has 1 heterocycles. The second kappa shape index (κ2) is 7.82. The molecular weight excluding hydrogens is 389 g/mol. The van der Waals surface area contributed by atoms with Gasteiger partial charge in [0.2, 0.25) is 5.91 Å². The summed E-state index contributed by atoms with van der Waals surface area (Å²) in [4.78, 5) is 37.6. The number of urea groups is 1. The van der Waals surface area contributed by atoms with E-state index < -0.39 is 24.4 Å². The van der Waals surface area contributed by atoms with Gasteiger partial charge in [0.15, 0.2) is 0 Å². The van der Waals surface area contributed by atoms with Gasteiger partial charge in [-0.15, -0.1) is 0 Å². The summed E-state index contributed by atoms with van der Waals surface area (Å²) in [5, 5.41) is 5.70. The first-order chi connectivity index (χ1) is 12.8. The lowest BCUT2D eigenvalue weighted by Gasteiger charge is -2.12. The summed E-state index contributed by atoms with van der Waals surface area (Å²) in [5.41, 5.74) is 2.08. The molecule has 0 radical (unpaired) electrons. The van der Waals surface area contributed by atoms with E-state index in [2.05, 4.69) is 10.6 Å². The summed E-state index contributed by atoms with van der Waals surface area (Å²) in [6.07, 6.45) is 1.42. The van der Waals surface area contributed by atoms with Crippen LogP contribution in [0.5, 0.6) is 0 Å². The Kier molecular flexibility index (Phi) is 5.48. The highest BCUT2D eigenvalue weighted by molar-refractivity contribution is 6.43. The third-order valence-corrected chi connectivity index (χ3v) is 4.68. The Balaban J connectivity index is 1.73.